The molecule has 108 valence electrons. The summed E-state index contributed by atoms with van der Waals surface area (Å²) in [6, 6.07) is 1.26. The summed E-state index contributed by atoms with van der Waals surface area (Å²) < 4.78 is 37.0. The Labute approximate surface area is 123 Å². The number of hydrogen-bond donors (Lipinski definition) is 0. The van der Waals surface area contributed by atoms with Crippen LogP contribution in [0.4, 0.5) is 5.88 Å². The van der Waals surface area contributed by atoms with Gasteiger partial charge in [-0.2, -0.15) is 0 Å². The van der Waals surface area contributed by atoms with E-state index in [4.69, 9.17) is 16.1 Å². The van der Waals surface area contributed by atoms with Crippen LogP contribution in [0, 0.1) is 6.92 Å². The molecule has 0 saturated heterocycles. The van der Waals surface area contributed by atoms with E-state index in [1.54, 1.807) is 6.92 Å². The third-order valence-corrected chi connectivity index (χ3v) is 5.02. The minimum Gasteiger partial charge on any atom is -0.538 e. The van der Waals surface area contributed by atoms with E-state index >= 15 is 0 Å². The number of halogens is 1. The summed E-state index contributed by atoms with van der Waals surface area (Å²) in [5.41, 5.74) is 0.319. The van der Waals surface area contributed by atoms with Crippen molar-refractivity contribution < 1.29 is 22.5 Å². The summed E-state index contributed by atoms with van der Waals surface area (Å²) in [6.45, 7) is 1.54. The van der Waals surface area contributed by atoms with Gasteiger partial charge in [-0.15, -0.1) is 11.3 Å². The fourth-order valence-corrected chi connectivity index (χ4v) is 3.71. The Kier molecular flexibility index (Phi) is 4.02. The molecule has 0 aliphatic rings. The van der Waals surface area contributed by atoms with Crippen LogP contribution in [-0.4, -0.2) is 26.7 Å². The van der Waals surface area contributed by atoms with Crippen LogP contribution in [0.3, 0.4) is 0 Å². The Morgan fingerprint density at radius 2 is 2.25 bits per heavy atom. The van der Waals surface area contributed by atoms with E-state index in [9.17, 15) is 13.2 Å². The number of methoxy groups -OCH3 is 1. The maximum absolute atomic E-state index is 12.2. The molecule has 7 nitrogen and oxygen atoms in total. The summed E-state index contributed by atoms with van der Waals surface area (Å²) in [5.74, 6) is -1.08. The maximum Gasteiger partial charge on any atom is 0.349 e. The predicted molar refractivity (Wildman–Crippen MR) is 72.1 cm³/mol. The van der Waals surface area contributed by atoms with Gasteiger partial charge < -0.3 is 14.0 Å². The number of esters is 1. The molecule has 0 aromatic carbocycles. The van der Waals surface area contributed by atoms with Crippen molar-refractivity contribution in [2.75, 3.05) is 7.11 Å². The largest absolute Gasteiger partial charge is 0.538 e. The summed E-state index contributed by atoms with van der Waals surface area (Å²) in [6.07, 6.45) is 0. The molecule has 0 aliphatic carbocycles. The summed E-state index contributed by atoms with van der Waals surface area (Å²) >= 11 is 6.74. The first kappa shape index (κ1) is 14.8. The smallest absolute Gasteiger partial charge is 0.349 e. The molecule has 2 aromatic rings. The molecule has 0 unspecified atom stereocenters. The van der Waals surface area contributed by atoms with Gasteiger partial charge in [0.25, 0.3) is 0 Å². The van der Waals surface area contributed by atoms with E-state index in [1.807, 2.05) is 0 Å². The van der Waals surface area contributed by atoms with Crippen molar-refractivity contribution in [3.8, 4) is 0 Å². The van der Waals surface area contributed by atoms with Gasteiger partial charge in [-0.1, -0.05) is 16.8 Å². The zero-order valence-corrected chi connectivity index (χ0v) is 12.7. The lowest BCUT2D eigenvalue weighted by Gasteiger charge is -2.17. The SMILES string of the molecule is COC(=O)c1sccc1S(=O)(=O)[N-]c1onc(C)c1Cl. The molecular weight excluding hydrogens is 328 g/mol. The van der Waals surface area contributed by atoms with Gasteiger partial charge in [-0.05, 0) is 18.4 Å². The van der Waals surface area contributed by atoms with E-state index in [0.29, 0.717) is 5.69 Å². The molecule has 2 aromatic heterocycles. The van der Waals surface area contributed by atoms with Crippen molar-refractivity contribution in [1.82, 2.24) is 5.16 Å². The summed E-state index contributed by atoms with van der Waals surface area (Å²) in [4.78, 5) is 11.2. The third-order valence-electron chi connectivity index (χ3n) is 2.26. The lowest BCUT2D eigenvalue weighted by atomic mass is 10.5. The Morgan fingerprint density at radius 1 is 1.55 bits per heavy atom. The Bertz CT molecular complexity index is 750. The van der Waals surface area contributed by atoms with Crippen molar-refractivity contribution in [2.24, 2.45) is 0 Å². The van der Waals surface area contributed by atoms with Gasteiger partial charge in [0.15, 0.2) is 0 Å². The number of hydrogen-bond acceptors (Lipinski definition) is 7. The Balaban J connectivity index is 2.39. The molecule has 0 saturated carbocycles. The molecule has 0 bridgehead atoms. The number of ether oxygens (including phenoxy) is 1. The number of sulfonamides is 1. The molecule has 2 rings (SSSR count). The lowest BCUT2D eigenvalue weighted by molar-refractivity contribution is 0.0602. The number of carbonyl (C=O) groups is 1. The molecule has 0 spiro atoms. The van der Waals surface area contributed by atoms with Crippen LogP contribution in [0.25, 0.3) is 4.72 Å². The van der Waals surface area contributed by atoms with E-state index < -0.39 is 16.0 Å². The topological polar surface area (TPSA) is 101 Å². The average Bonchev–Trinajstić information content (AvgIpc) is 3.00. The number of aryl methyl sites for hydroxylation is 1. The molecule has 0 radical (unpaired) electrons. The van der Waals surface area contributed by atoms with Crippen molar-refractivity contribution >= 4 is 44.8 Å². The van der Waals surface area contributed by atoms with Crippen molar-refractivity contribution in [3.05, 3.63) is 31.8 Å². The molecule has 0 fully saturated rings. The fourth-order valence-electron chi connectivity index (χ4n) is 1.30. The summed E-state index contributed by atoms with van der Waals surface area (Å²) in [5, 5.41) is 4.95. The van der Waals surface area contributed by atoms with Crippen molar-refractivity contribution in [2.45, 2.75) is 11.8 Å². The number of rotatable bonds is 4. The Hall–Kier alpha value is -1.58. The van der Waals surface area contributed by atoms with Gasteiger partial charge in [-0.25, -0.2) is 13.2 Å². The minimum atomic E-state index is -4.15. The second-order valence-corrected chi connectivity index (χ2v) is 6.43. The number of aromatic nitrogens is 1. The van der Waals surface area contributed by atoms with Gasteiger partial charge in [-0.3, -0.25) is 0 Å². The first-order chi connectivity index (χ1) is 9.36. The van der Waals surface area contributed by atoms with Gasteiger partial charge in [0.05, 0.1) is 28.6 Å². The highest BCUT2D eigenvalue weighted by atomic mass is 35.5. The van der Waals surface area contributed by atoms with Gasteiger partial charge in [0.1, 0.15) is 14.9 Å². The van der Waals surface area contributed by atoms with Crippen LogP contribution >= 0.6 is 22.9 Å². The molecule has 0 aliphatic heterocycles. The second-order valence-electron chi connectivity index (χ2n) is 3.56. The van der Waals surface area contributed by atoms with Crippen molar-refractivity contribution in [1.29, 1.82) is 0 Å². The van der Waals surface area contributed by atoms with Crippen molar-refractivity contribution in [3.63, 3.8) is 0 Å². The van der Waals surface area contributed by atoms with Crippen LogP contribution in [0.15, 0.2) is 20.9 Å². The van der Waals surface area contributed by atoms with E-state index in [0.717, 1.165) is 18.4 Å². The van der Waals surface area contributed by atoms with Crippen LogP contribution < -0.4 is 0 Å². The third kappa shape index (κ3) is 2.65. The number of carbonyl (C=O) groups excluding carboxylic acids is 1. The predicted octanol–water partition coefficient (Wildman–Crippen LogP) is 2.88. The normalized spacial score (nSPS) is 11.3. The zero-order valence-electron chi connectivity index (χ0n) is 10.3. The van der Waals surface area contributed by atoms with Gasteiger partial charge in [0.2, 0.25) is 0 Å². The zero-order chi connectivity index (χ0) is 14.9. The second kappa shape index (κ2) is 5.43. The monoisotopic (exact) mass is 335 g/mol. The molecule has 20 heavy (non-hydrogen) atoms. The highest BCUT2D eigenvalue weighted by molar-refractivity contribution is 7.94. The van der Waals surface area contributed by atoms with E-state index in [2.05, 4.69) is 14.6 Å². The first-order valence-electron chi connectivity index (χ1n) is 5.12. The first-order valence-corrected chi connectivity index (χ1v) is 7.82. The minimum absolute atomic E-state index is 0.00317. The summed E-state index contributed by atoms with van der Waals surface area (Å²) in [7, 11) is -2.99. The van der Waals surface area contributed by atoms with Crippen LogP contribution in [-0.2, 0) is 14.8 Å². The number of thiophene rings is 1. The molecule has 2 heterocycles. The lowest BCUT2D eigenvalue weighted by Crippen LogP contribution is -2.06. The van der Waals surface area contributed by atoms with Gasteiger partial charge >= 0.3 is 5.97 Å². The standard InChI is InChI=1S/C10H8ClN2O5S2/c1-5-7(11)9(18-12-5)13-20(15,16)6-3-4-19-8(6)10(14)17-2/h3-4H,1-2H3/q-1. The average molecular weight is 336 g/mol. The molecule has 10 heteroatoms. The molecular formula is C10H8ClN2O5S2-. The molecule has 0 N–H and O–H groups in total. The van der Waals surface area contributed by atoms with E-state index in [-0.39, 0.29) is 20.7 Å². The fraction of sp³-hybridized carbons (Fsp3) is 0.200. The van der Waals surface area contributed by atoms with Crippen LogP contribution in [0.2, 0.25) is 5.02 Å². The quantitative estimate of drug-likeness (QED) is 0.796. The maximum atomic E-state index is 12.2. The number of nitrogens with zero attached hydrogens (tertiary/aromatic N) is 2. The van der Waals surface area contributed by atoms with Crippen LogP contribution in [0.1, 0.15) is 15.4 Å². The Morgan fingerprint density at radius 3 is 2.80 bits per heavy atom. The highest BCUT2D eigenvalue weighted by Crippen LogP contribution is 2.37. The van der Waals surface area contributed by atoms with E-state index in [1.165, 1.54) is 11.4 Å². The van der Waals surface area contributed by atoms with Gasteiger partial charge in [0, 0.05) is 0 Å². The molecule has 0 atom stereocenters. The highest BCUT2D eigenvalue weighted by Gasteiger charge is 2.20. The van der Waals surface area contributed by atoms with Crippen LogP contribution in [0.5, 0.6) is 0 Å². The molecule has 0 amide bonds.